The Kier molecular flexibility index (Phi) is 5.84. The maximum absolute atomic E-state index is 4.43. The molecule has 0 unspecified atom stereocenters. The summed E-state index contributed by atoms with van der Waals surface area (Å²) in [6, 6.07) is 0. The van der Waals surface area contributed by atoms with Crippen molar-refractivity contribution in [2.24, 2.45) is 0 Å². The van der Waals surface area contributed by atoms with E-state index in [0.717, 1.165) is 0 Å². The minimum Gasteiger partial charge on any atom is -0.0925 e. The van der Waals surface area contributed by atoms with Crippen molar-refractivity contribution in [2.75, 3.05) is 0 Å². The second-order valence-electron chi connectivity index (χ2n) is 1.01. The van der Waals surface area contributed by atoms with E-state index in [1.807, 2.05) is 0 Å². The van der Waals surface area contributed by atoms with E-state index in [0.29, 0.717) is 0 Å². The molecule has 0 amide bonds. The molecule has 0 bridgehead atoms. The van der Waals surface area contributed by atoms with Gasteiger partial charge in [0, 0.05) is 0 Å². The topological polar surface area (TPSA) is 0 Å². The third-order valence-electron chi connectivity index (χ3n) is 0.444. The molecule has 0 rings (SSSR count). The normalized spacial score (nSPS) is 4.11. The van der Waals surface area contributed by atoms with Gasteiger partial charge in [-0.15, -0.1) is 0 Å². The van der Waals surface area contributed by atoms with Crippen molar-refractivity contribution in [2.45, 2.75) is 6.92 Å². The molecule has 0 aromatic heterocycles. The van der Waals surface area contributed by atoms with Crippen molar-refractivity contribution in [3.63, 3.8) is 0 Å². The van der Waals surface area contributed by atoms with E-state index in [4.69, 9.17) is 0 Å². The summed E-state index contributed by atoms with van der Waals surface area (Å²) in [5.74, 6) is 15.2. The van der Waals surface area contributed by atoms with Crippen molar-refractivity contribution in [3.05, 3.63) is 0 Å². The Labute approximate surface area is 60.7 Å². The first-order valence-corrected chi connectivity index (χ1v) is 2.75. The molecule has 0 saturated heterocycles. The number of thiocarbonyl (C=S) groups is 1. The van der Waals surface area contributed by atoms with Crippen LogP contribution in [0.3, 0.4) is 0 Å². The number of hydrogen-bond acceptors (Lipinski definition) is 1. The molecular weight excluding hydrogens is 128 g/mol. The Hall–Kier alpha value is -1.23. The van der Waals surface area contributed by atoms with Crippen molar-refractivity contribution in [3.8, 4) is 35.5 Å². The predicted molar refractivity (Wildman–Crippen MR) is 42.7 cm³/mol. The molecule has 0 N–H and O–H groups in total. The van der Waals surface area contributed by atoms with E-state index < -0.39 is 0 Å². The molecule has 0 atom stereocenters. The first-order valence-electron chi connectivity index (χ1n) is 2.27. The minimum atomic E-state index is 1.33. The minimum absolute atomic E-state index is 1.33. The average molecular weight is 132 g/mol. The number of hydrogen-bond donors (Lipinski definition) is 0. The van der Waals surface area contributed by atoms with E-state index in [2.05, 4.69) is 47.7 Å². The molecule has 9 heavy (non-hydrogen) atoms. The first-order chi connectivity index (χ1) is 4.41. The van der Waals surface area contributed by atoms with Crippen LogP contribution in [0.1, 0.15) is 6.92 Å². The van der Waals surface area contributed by atoms with Gasteiger partial charge in [0.25, 0.3) is 0 Å². The first kappa shape index (κ1) is 7.77. The summed E-state index contributed by atoms with van der Waals surface area (Å²) in [6.45, 7) is 1.72. The number of rotatable bonds is 0. The van der Waals surface area contributed by atoms with Crippen molar-refractivity contribution >= 4 is 17.6 Å². The van der Waals surface area contributed by atoms with E-state index in [-0.39, 0.29) is 0 Å². The molecular formula is C8H4S. The standard InChI is InChI=1S/C8H4S/c1-2-3-4-5-6-7-8-9/h8H,1H3. The lowest BCUT2D eigenvalue weighted by Gasteiger charge is -1.53. The van der Waals surface area contributed by atoms with Gasteiger partial charge in [0.2, 0.25) is 0 Å². The predicted octanol–water partition coefficient (Wildman–Crippen LogP) is 1.02. The van der Waals surface area contributed by atoms with Crippen LogP contribution in [-0.4, -0.2) is 5.37 Å². The van der Waals surface area contributed by atoms with E-state index in [1.165, 1.54) is 5.37 Å². The van der Waals surface area contributed by atoms with Crippen LogP contribution in [0, 0.1) is 35.5 Å². The SMILES string of the molecule is CC#CC#CC#CC=S. The van der Waals surface area contributed by atoms with Crippen LogP contribution < -0.4 is 0 Å². The monoisotopic (exact) mass is 132 g/mol. The lowest BCUT2D eigenvalue weighted by atomic mass is 10.5. The van der Waals surface area contributed by atoms with Gasteiger partial charge in [0.15, 0.2) is 0 Å². The molecule has 42 valence electrons. The summed E-state index contributed by atoms with van der Waals surface area (Å²) in [7, 11) is 0. The molecule has 0 fully saturated rings. The van der Waals surface area contributed by atoms with E-state index >= 15 is 0 Å². The molecule has 0 spiro atoms. The molecule has 0 aliphatic rings. The van der Waals surface area contributed by atoms with Crippen LogP contribution in [0.5, 0.6) is 0 Å². The van der Waals surface area contributed by atoms with Gasteiger partial charge < -0.3 is 0 Å². The van der Waals surface area contributed by atoms with Crippen molar-refractivity contribution in [1.82, 2.24) is 0 Å². The molecule has 0 aromatic rings. The summed E-state index contributed by atoms with van der Waals surface area (Å²) in [5, 5.41) is 1.33. The van der Waals surface area contributed by atoms with Gasteiger partial charge in [-0.05, 0) is 36.5 Å². The smallest absolute Gasteiger partial charge is 0.0524 e. The van der Waals surface area contributed by atoms with Gasteiger partial charge in [-0.1, -0.05) is 18.1 Å². The second kappa shape index (κ2) is 6.77. The maximum Gasteiger partial charge on any atom is 0.0524 e. The van der Waals surface area contributed by atoms with E-state index in [9.17, 15) is 0 Å². The summed E-state index contributed by atoms with van der Waals surface area (Å²) < 4.78 is 0. The van der Waals surface area contributed by atoms with Gasteiger partial charge in [-0.2, -0.15) is 0 Å². The summed E-state index contributed by atoms with van der Waals surface area (Å²) >= 11 is 4.43. The molecule has 0 heterocycles. The highest BCUT2D eigenvalue weighted by molar-refractivity contribution is 7.79. The Morgan fingerprint density at radius 2 is 1.78 bits per heavy atom. The highest BCUT2D eigenvalue weighted by atomic mass is 32.1. The van der Waals surface area contributed by atoms with Crippen LogP contribution in [0.2, 0.25) is 0 Å². The summed E-state index contributed by atoms with van der Waals surface area (Å²) in [4.78, 5) is 0. The van der Waals surface area contributed by atoms with Gasteiger partial charge >= 0.3 is 0 Å². The highest BCUT2D eigenvalue weighted by Gasteiger charge is 1.51. The second-order valence-corrected chi connectivity index (χ2v) is 1.25. The van der Waals surface area contributed by atoms with E-state index in [1.54, 1.807) is 6.92 Å². The van der Waals surface area contributed by atoms with Gasteiger partial charge in [0.05, 0.1) is 5.37 Å². The maximum atomic E-state index is 4.43. The quantitative estimate of drug-likeness (QED) is 0.350. The molecule has 0 aliphatic carbocycles. The third-order valence-corrected chi connectivity index (χ3v) is 0.561. The Bertz CT molecular complexity index is 254. The summed E-state index contributed by atoms with van der Waals surface area (Å²) in [6.07, 6.45) is 0. The lowest BCUT2D eigenvalue weighted by Crippen LogP contribution is -1.53. The Balaban J connectivity index is 3.85. The van der Waals surface area contributed by atoms with Gasteiger partial charge in [-0.25, -0.2) is 0 Å². The zero-order valence-corrected chi connectivity index (χ0v) is 5.80. The molecule has 0 radical (unpaired) electrons. The average Bonchev–Trinajstić information content (AvgIpc) is 1.89. The van der Waals surface area contributed by atoms with Crippen LogP contribution >= 0.6 is 12.2 Å². The van der Waals surface area contributed by atoms with Gasteiger partial charge in [-0.3, -0.25) is 0 Å². The van der Waals surface area contributed by atoms with Crippen LogP contribution in [0.4, 0.5) is 0 Å². The van der Waals surface area contributed by atoms with Crippen molar-refractivity contribution < 1.29 is 0 Å². The van der Waals surface area contributed by atoms with Crippen LogP contribution in [0.15, 0.2) is 0 Å². The summed E-state index contributed by atoms with van der Waals surface area (Å²) in [5.41, 5.74) is 0. The fourth-order valence-electron chi connectivity index (χ4n) is 0.191. The van der Waals surface area contributed by atoms with Crippen molar-refractivity contribution in [1.29, 1.82) is 0 Å². The van der Waals surface area contributed by atoms with Gasteiger partial charge in [0.1, 0.15) is 0 Å². The Morgan fingerprint density at radius 1 is 1.11 bits per heavy atom. The zero-order valence-electron chi connectivity index (χ0n) is 4.99. The fraction of sp³-hybridized carbons (Fsp3) is 0.125. The Morgan fingerprint density at radius 3 is 2.33 bits per heavy atom. The lowest BCUT2D eigenvalue weighted by molar-refractivity contribution is 1.92. The molecule has 0 saturated carbocycles. The van der Waals surface area contributed by atoms with Crippen LogP contribution in [-0.2, 0) is 0 Å². The molecule has 1 heteroatoms. The molecule has 0 nitrogen and oxygen atoms in total. The molecule has 0 aliphatic heterocycles. The van der Waals surface area contributed by atoms with Crippen LogP contribution in [0.25, 0.3) is 0 Å². The highest BCUT2D eigenvalue weighted by Crippen LogP contribution is 1.52. The third kappa shape index (κ3) is 6.77. The zero-order chi connectivity index (χ0) is 6.95. The molecule has 0 aromatic carbocycles. The largest absolute Gasteiger partial charge is 0.0925 e. The fourth-order valence-corrected chi connectivity index (χ4v) is 0.249.